The van der Waals surface area contributed by atoms with Crippen LogP contribution in [0.25, 0.3) is 0 Å². The van der Waals surface area contributed by atoms with Crippen molar-refractivity contribution in [1.82, 2.24) is 0 Å². The minimum atomic E-state index is -0.765. The Balaban J connectivity index is 2.24. The molecular weight excluding hydrogens is 310 g/mol. The molecule has 0 aliphatic carbocycles. The van der Waals surface area contributed by atoms with Gasteiger partial charge in [0.15, 0.2) is 0 Å². The summed E-state index contributed by atoms with van der Waals surface area (Å²) in [5.41, 5.74) is 1.30. The van der Waals surface area contributed by atoms with E-state index in [4.69, 9.17) is 0 Å². The molecule has 0 aliphatic heterocycles. The Labute approximate surface area is 119 Å². The summed E-state index contributed by atoms with van der Waals surface area (Å²) >= 11 is 3.33. The Hall–Kier alpha value is -1.72. The Kier molecular flexibility index (Phi) is 4.29. The van der Waals surface area contributed by atoms with Gasteiger partial charge in [0.2, 0.25) is 0 Å². The normalized spacial score (nSPS) is 12.1. The highest BCUT2D eigenvalue weighted by atomic mass is 79.9. The quantitative estimate of drug-likeness (QED) is 0.690. The van der Waals surface area contributed by atoms with Crippen LogP contribution >= 0.6 is 15.9 Å². The van der Waals surface area contributed by atoms with Crippen molar-refractivity contribution >= 4 is 21.6 Å². The summed E-state index contributed by atoms with van der Waals surface area (Å²) in [6.45, 7) is 0. The van der Waals surface area contributed by atoms with E-state index in [2.05, 4.69) is 15.9 Å². The lowest BCUT2D eigenvalue weighted by Gasteiger charge is -2.11. The number of para-hydroxylation sites is 1. The molecular formula is C14H12BrNO3. The summed E-state index contributed by atoms with van der Waals surface area (Å²) in [5, 5.41) is 21.1. The van der Waals surface area contributed by atoms with Gasteiger partial charge in [-0.05, 0) is 17.7 Å². The van der Waals surface area contributed by atoms with Gasteiger partial charge in [-0.1, -0.05) is 46.3 Å². The van der Waals surface area contributed by atoms with Gasteiger partial charge < -0.3 is 5.11 Å². The molecule has 0 fully saturated rings. The first-order chi connectivity index (χ1) is 9.08. The summed E-state index contributed by atoms with van der Waals surface area (Å²) in [5.74, 6) is 0. The molecule has 1 unspecified atom stereocenters. The maximum absolute atomic E-state index is 10.9. The van der Waals surface area contributed by atoms with E-state index >= 15 is 0 Å². The molecule has 0 radical (unpaired) electrons. The SMILES string of the molecule is O=[N+]([O-])c1ccccc1CC(O)c1cccc(Br)c1. The number of hydrogen-bond donors (Lipinski definition) is 1. The molecule has 98 valence electrons. The van der Waals surface area contributed by atoms with Crippen LogP contribution in [0.3, 0.4) is 0 Å². The number of nitro benzene ring substituents is 1. The maximum Gasteiger partial charge on any atom is 0.272 e. The van der Waals surface area contributed by atoms with Crippen LogP contribution in [-0.2, 0) is 6.42 Å². The number of aliphatic hydroxyl groups is 1. The number of benzene rings is 2. The fraction of sp³-hybridized carbons (Fsp3) is 0.143. The van der Waals surface area contributed by atoms with Crippen molar-refractivity contribution < 1.29 is 10.0 Å². The number of rotatable bonds is 4. The van der Waals surface area contributed by atoms with Crippen molar-refractivity contribution in [2.75, 3.05) is 0 Å². The predicted molar refractivity (Wildman–Crippen MR) is 75.9 cm³/mol. The molecule has 1 N–H and O–H groups in total. The molecule has 0 amide bonds. The van der Waals surface area contributed by atoms with Crippen LogP contribution in [0.2, 0.25) is 0 Å². The van der Waals surface area contributed by atoms with Gasteiger partial charge in [-0.3, -0.25) is 10.1 Å². The van der Waals surface area contributed by atoms with Crippen molar-refractivity contribution in [3.8, 4) is 0 Å². The molecule has 0 spiro atoms. The highest BCUT2D eigenvalue weighted by molar-refractivity contribution is 9.10. The number of hydrogen-bond acceptors (Lipinski definition) is 3. The fourth-order valence-corrected chi connectivity index (χ4v) is 2.32. The molecule has 5 heteroatoms. The highest BCUT2D eigenvalue weighted by Crippen LogP contribution is 2.26. The third kappa shape index (κ3) is 3.39. The number of nitrogens with zero attached hydrogens (tertiary/aromatic N) is 1. The molecule has 2 aromatic carbocycles. The summed E-state index contributed by atoms with van der Waals surface area (Å²) < 4.78 is 0.867. The van der Waals surface area contributed by atoms with Gasteiger partial charge in [0, 0.05) is 22.5 Å². The van der Waals surface area contributed by atoms with Crippen LogP contribution in [0.15, 0.2) is 53.0 Å². The van der Waals surface area contributed by atoms with Gasteiger partial charge in [0.1, 0.15) is 0 Å². The van der Waals surface area contributed by atoms with Crippen LogP contribution in [0.1, 0.15) is 17.2 Å². The molecule has 0 saturated heterocycles. The Morgan fingerprint density at radius 1 is 1.21 bits per heavy atom. The molecule has 0 saturated carbocycles. The molecule has 0 bridgehead atoms. The lowest BCUT2D eigenvalue weighted by Crippen LogP contribution is -2.04. The highest BCUT2D eigenvalue weighted by Gasteiger charge is 2.17. The predicted octanol–water partition coefficient (Wildman–Crippen LogP) is 3.63. The summed E-state index contributed by atoms with van der Waals surface area (Å²) in [6, 6.07) is 13.7. The fourth-order valence-electron chi connectivity index (χ4n) is 1.90. The molecule has 0 aliphatic rings. The van der Waals surface area contributed by atoms with Crippen molar-refractivity contribution in [3.63, 3.8) is 0 Å². The Morgan fingerprint density at radius 2 is 1.95 bits per heavy atom. The van der Waals surface area contributed by atoms with Crippen LogP contribution in [-0.4, -0.2) is 10.0 Å². The van der Waals surface area contributed by atoms with Gasteiger partial charge in [-0.2, -0.15) is 0 Å². The zero-order chi connectivity index (χ0) is 13.8. The second kappa shape index (κ2) is 5.95. The lowest BCUT2D eigenvalue weighted by molar-refractivity contribution is -0.385. The summed E-state index contributed by atoms with van der Waals surface area (Å²) in [7, 11) is 0. The van der Waals surface area contributed by atoms with E-state index in [1.807, 2.05) is 12.1 Å². The van der Waals surface area contributed by atoms with Crippen LogP contribution in [0.4, 0.5) is 5.69 Å². The Morgan fingerprint density at radius 3 is 2.63 bits per heavy atom. The molecule has 2 rings (SSSR count). The molecule has 0 heterocycles. The smallest absolute Gasteiger partial charge is 0.272 e. The van der Waals surface area contributed by atoms with E-state index in [0.29, 0.717) is 5.56 Å². The van der Waals surface area contributed by atoms with Crippen LogP contribution < -0.4 is 0 Å². The van der Waals surface area contributed by atoms with E-state index in [1.165, 1.54) is 6.07 Å². The standard InChI is InChI=1S/C14H12BrNO3/c15-12-6-3-5-11(8-12)14(17)9-10-4-1-2-7-13(10)16(18)19/h1-8,14,17H,9H2. The van der Waals surface area contributed by atoms with Gasteiger partial charge >= 0.3 is 0 Å². The maximum atomic E-state index is 10.9. The first kappa shape index (κ1) is 13.7. The van der Waals surface area contributed by atoms with Crippen LogP contribution in [0.5, 0.6) is 0 Å². The second-order valence-electron chi connectivity index (χ2n) is 4.16. The lowest BCUT2D eigenvalue weighted by atomic mass is 10.0. The van der Waals surface area contributed by atoms with Crippen molar-refractivity contribution in [2.24, 2.45) is 0 Å². The van der Waals surface area contributed by atoms with Gasteiger partial charge in [0.25, 0.3) is 5.69 Å². The number of nitro groups is 1. The average Bonchev–Trinajstić information content (AvgIpc) is 2.39. The minimum absolute atomic E-state index is 0.0385. The summed E-state index contributed by atoms with van der Waals surface area (Å²) in [6.07, 6.45) is -0.549. The van der Waals surface area contributed by atoms with Gasteiger partial charge in [-0.25, -0.2) is 0 Å². The number of aliphatic hydroxyl groups excluding tert-OH is 1. The first-order valence-electron chi connectivity index (χ1n) is 5.74. The molecule has 4 nitrogen and oxygen atoms in total. The van der Waals surface area contributed by atoms with Gasteiger partial charge in [0.05, 0.1) is 11.0 Å². The van der Waals surface area contributed by atoms with Crippen molar-refractivity contribution in [3.05, 3.63) is 74.2 Å². The summed E-state index contributed by atoms with van der Waals surface area (Å²) in [4.78, 5) is 10.5. The molecule has 2 aromatic rings. The van der Waals surface area contributed by atoms with E-state index in [0.717, 1.165) is 10.0 Å². The third-order valence-electron chi connectivity index (χ3n) is 2.84. The zero-order valence-electron chi connectivity index (χ0n) is 9.99. The second-order valence-corrected chi connectivity index (χ2v) is 5.08. The molecule has 0 aromatic heterocycles. The van der Waals surface area contributed by atoms with Crippen molar-refractivity contribution in [1.29, 1.82) is 0 Å². The van der Waals surface area contributed by atoms with Crippen LogP contribution in [0, 0.1) is 10.1 Å². The van der Waals surface area contributed by atoms with E-state index in [1.54, 1.807) is 30.3 Å². The number of halogens is 1. The monoisotopic (exact) mass is 321 g/mol. The minimum Gasteiger partial charge on any atom is -0.388 e. The molecule has 1 atom stereocenters. The average molecular weight is 322 g/mol. The third-order valence-corrected chi connectivity index (χ3v) is 3.33. The topological polar surface area (TPSA) is 63.4 Å². The van der Waals surface area contributed by atoms with Crippen molar-refractivity contribution in [2.45, 2.75) is 12.5 Å². The zero-order valence-corrected chi connectivity index (χ0v) is 11.6. The Bertz CT molecular complexity index is 601. The molecule has 19 heavy (non-hydrogen) atoms. The largest absolute Gasteiger partial charge is 0.388 e. The van der Waals surface area contributed by atoms with E-state index < -0.39 is 11.0 Å². The van der Waals surface area contributed by atoms with E-state index in [9.17, 15) is 15.2 Å². The van der Waals surface area contributed by atoms with Gasteiger partial charge in [-0.15, -0.1) is 0 Å². The first-order valence-corrected chi connectivity index (χ1v) is 6.53. The van der Waals surface area contributed by atoms with E-state index in [-0.39, 0.29) is 12.1 Å².